The van der Waals surface area contributed by atoms with Crippen molar-refractivity contribution in [2.24, 2.45) is 5.92 Å². The summed E-state index contributed by atoms with van der Waals surface area (Å²) in [6.07, 6.45) is -0.775. The zero-order chi connectivity index (χ0) is 13.7. The fraction of sp³-hybridized carbons (Fsp3) is 0.786. The first-order valence-electron chi connectivity index (χ1n) is 6.33. The second-order valence-electron chi connectivity index (χ2n) is 6.44. The summed E-state index contributed by atoms with van der Waals surface area (Å²) in [5.41, 5.74) is 0.320. The van der Waals surface area contributed by atoms with E-state index < -0.39 is 11.9 Å². The summed E-state index contributed by atoms with van der Waals surface area (Å²) >= 11 is 0. The van der Waals surface area contributed by atoms with Crippen LogP contribution >= 0.6 is 0 Å². The van der Waals surface area contributed by atoms with Crippen LogP contribution in [0.2, 0.25) is 0 Å². The van der Waals surface area contributed by atoms with E-state index in [1.165, 1.54) is 0 Å². The van der Waals surface area contributed by atoms with Crippen molar-refractivity contribution in [3.8, 4) is 0 Å². The molecule has 0 N–H and O–H groups in total. The molecule has 2 fully saturated rings. The number of hydrogen-bond acceptors (Lipinski definition) is 4. The number of ether oxygens (including phenoxy) is 3. The second kappa shape index (κ2) is 4.15. The Morgan fingerprint density at radius 1 is 1.33 bits per heavy atom. The van der Waals surface area contributed by atoms with Crippen LogP contribution in [-0.4, -0.2) is 36.0 Å². The van der Waals surface area contributed by atoms with Gasteiger partial charge in [-0.1, -0.05) is 6.58 Å². The predicted molar refractivity (Wildman–Crippen MR) is 67.2 cm³/mol. The molecule has 0 aromatic rings. The SMILES string of the molecule is C=C1C(=O)[C@@H]2OC(C)(C)O[C@@H]2[C@H]1COC(C)(C)C. The van der Waals surface area contributed by atoms with Crippen molar-refractivity contribution in [2.75, 3.05) is 6.61 Å². The highest BCUT2D eigenvalue weighted by Gasteiger charge is 2.55. The third-order valence-electron chi connectivity index (χ3n) is 3.24. The van der Waals surface area contributed by atoms with Crippen molar-refractivity contribution in [3.05, 3.63) is 12.2 Å². The molecule has 0 unspecified atom stereocenters. The molecule has 1 aliphatic heterocycles. The maximum Gasteiger partial charge on any atom is 0.190 e. The van der Waals surface area contributed by atoms with Gasteiger partial charge < -0.3 is 14.2 Å². The van der Waals surface area contributed by atoms with E-state index in [4.69, 9.17) is 14.2 Å². The average Bonchev–Trinajstić information content (AvgIpc) is 2.60. The molecule has 1 heterocycles. The summed E-state index contributed by atoms with van der Waals surface area (Å²) in [7, 11) is 0. The number of rotatable bonds is 2. The van der Waals surface area contributed by atoms with E-state index in [-0.39, 0.29) is 23.4 Å². The van der Waals surface area contributed by atoms with Crippen molar-refractivity contribution in [2.45, 2.75) is 58.2 Å². The Labute approximate surface area is 108 Å². The van der Waals surface area contributed by atoms with E-state index in [1.807, 2.05) is 34.6 Å². The Morgan fingerprint density at radius 3 is 2.50 bits per heavy atom. The van der Waals surface area contributed by atoms with Crippen LogP contribution in [0.5, 0.6) is 0 Å². The van der Waals surface area contributed by atoms with Gasteiger partial charge in [-0.15, -0.1) is 0 Å². The summed E-state index contributed by atoms with van der Waals surface area (Å²) in [6, 6.07) is 0. The smallest absolute Gasteiger partial charge is 0.190 e. The van der Waals surface area contributed by atoms with E-state index in [0.29, 0.717) is 12.2 Å². The van der Waals surface area contributed by atoms with E-state index in [0.717, 1.165) is 0 Å². The fourth-order valence-electron chi connectivity index (χ4n) is 2.38. The summed E-state index contributed by atoms with van der Waals surface area (Å²) < 4.78 is 17.2. The molecule has 0 amide bonds. The molecule has 4 heteroatoms. The zero-order valence-corrected chi connectivity index (χ0v) is 11.8. The molecule has 102 valence electrons. The highest BCUT2D eigenvalue weighted by atomic mass is 16.8. The molecule has 0 spiro atoms. The van der Waals surface area contributed by atoms with Crippen LogP contribution in [0.3, 0.4) is 0 Å². The normalized spacial score (nSPS) is 35.1. The van der Waals surface area contributed by atoms with Crippen LogP contribution in [-0.2, 0) is 19.0 Å². The maximum absolute atomic E-state index is 12.0. The Hall–Kier alpha value is -0.710. The molecule has 0 aromatic carbocycles. The maximum atomic E-state index is 12.0. The molecule has 18 heavy (non-hydrogen) atoms. The lowest BCUT2D eigenvalue weighted by Gasteiger charge is -2.26. The van der Waals surface area contributed by atoms with E-state index in [1.54, 1.807) is 0 Å². The summed E-state index contributed by atoms with van der Waals surface area (Å²) in [6.45, 7) is 13.9. The number of carbonyl (C=O) groups is 1. The van der Waals surface area contributed by atoms with Gasteiger partial charge in [-0.3, -0.25) is 4.79 Å². The molecule has 1 aliphatic carbocycles. The second-order valence-corrected chi connectivity index (χ2v) is 6.44. The van der Waals surface area contributed by atoms with Gasteiger partial charge in [-0.25, -0.2) is 0 Å². The molecule has 0 aromatic heterocycles. The molecule has 0 bridgehead atoms. The fourth-order valence-corrected chi connectivity index (χ4v) is 2.38. The van der Waals surface area contributed by atoms with Crippen molar-refractivity contribution < 1.29 is 19.0 Å². The van der Waals surface area contributed by atoms with Crippen molar-refractivity contribution >= 4 is 5.78 Å². The predicted octanol–water partition coefficient (Wildman–Crippen LogP) is 2.08. The van der Waals surface area contributed by atoms with Crippen LogP contribution < -0.4 is 0 Å². The minimum absolute atomic E-state index is 0.0481. The molecule has 2 aliphatic rings. The Balaban J connectivity index is 2.11. The molecule has 3 atom stereocenters. The van der Waals surface area contributed by atoms with Crippen LogP contribution in [0.25, 0.3) is 0 Å². The topological polar surface area (TPSA) is 44.8 Å². The third kappa shape index (κ3) is 2.51. The minimum atomic E-state index is -0.703. The standard InChI is InChI=1S/C14H22O4/c1-8-9(7-16-13(2,3)4)11-12(10(8)15)18-14(5,6)17-11/h9,11-12H,1,7H2,2-6H3/t9-,11+,12-/m0/s1. The minimum Gasteiger partial charge on any atom is -0.375 e. The molecule has 1 saturated carbocycles. The van der Waals surface area contributed by atoms with Gasteiger partial charge in [-0.2, -0.15) is 0 Å². The van der Waals surface area contributed by atoms with Crippen molar-refractivity contribution in [3.63, 3.8) is 0 Å². The van der Waals surface area contributed by atoms with E-state index in [9.17, 15) is 4.79 Å². The van der Waals surface area contributed by atoms with Gasteiger partial charge in [0.15, 0.2) is 17.7 Å². The summed E-state index contributed by atoms with van der Waals surface area (Å²) in [4.78, 5) is 12.0. The van der Waals surface area contributed by atoms with Gasteiger partial charge >= 0.3 is 0 Å². The molecular formula is C14H22O4. The highest BCUT2D eigenvalue weighted by molar-refractivity contribution is 6.02. The first-order chi connectivity index (χ1) is 8.11. The summed E-state index contributed by atoms with van der Waals surface area (Å²) in [5.74, 6) is -0.859. The Bertz CT molecular complexity index is 378. The van der Waals surface area contributed by atoms with Gasteiger partial charge in [-0.05, 0) is 40.2 Å². The lowest BCUT2D eigenvalue weighted by atomic mass is 10.0. The monoisotopic (exact) mass is 254 g/mol. The Kier molecular flexibility index (Phi) is 3.16. The lowest BCUT2D eigenvalue weighted by Crippen LogP contribution is -2.31. The number of Topliss-reactive ketones (excluding diaryl/α,β-unsaturated/α-hetero) is 1. The van der Waals surface area contributed by atoms with Crippen LogP contribution in [0.15, 0.2) is 12.2 Å². The van der Waals surface area contributed by atoms with Gasteiger partial charge in [0.1, 0.15) is 6.10 Å². The van der Waals surface area contributed by atoms with Crippen molar-refractivity contribution in [1.82, 2.24) is 0 Å². The first kappa shape index (κ1) is 13.7. The largest absolute Gasteiger partial charge is 0.375 e. The van der Waals surface area contributed by atoms with Gasteiger partial charge in [0.05, 0.1) is 12.2 Å². The number of ketones is 1. The van der Waals surface area contributed by atoms with Crippen molar-refractivity contribution in [1.29, 1.82) is 0 Å². The zero-order valence-electron chi connectivity index (χ0n) is 11.8. The summed E-state index contributed by atoms with van der Waals surface area (Å²) in [5, 5.41) is 0. The molecular weight excluding hydrogens is 232 g/mol. The quantitative estimate of drug-likeness (QED) is 0.708. The average molecular weight is 254 g/mol. The highest BCUT2D eigenvalue weighted by Crippen LogP contribution is 2.42. The molecule has 4 nitrogen and oxygen atoms in total. The lowest BCUT2D eigenvalue weighted by molar-refractivity contribution is -0.161. The Morgan fingerprint density at radius 2 is 1.94 bits per heavy atom. The van der Waals surface area contributed by atoms with Gasteiger partial charge in [0.2, 0.25) is 0 Å². The number of carbonyl (C=O) groups excluding carboxylic acids is 1. The van der Waals surface area contributed by atoms with E-state index >= 15 is 0 Å². The third-order valence-corrected chi connectivity index (χ3v) is 3.24. The van der Waals surface area contributed by atoms with Crippen LogP contribution in [0, 0.1) is 5.92 Å². The molecule has 2 rings (SSSR count). The number of fused-ring (bicyclic) bond motifs is 1. The van der Waals surface area contributed by atoms with Crippen LogP contribution in [0.1, 0.15) is 34.6 Å². The molecule has 0 radical (unpaired) electrons. The van der Waals surface area contributed by atoms with Gasteiger partial charge in [0.25, 0.3) is 0 Å². The van der Waals surface area contributed by atoms with Crippen LogP contribution in [0.4, 0.5) is 0 Å². The van der Waals surface area contributed by atoms with Gasteiger partial charge in [0, 0.05) is 5.92 Å². The number of hydrogen-bond donors (Lipinski definition) is 0. The first-order valence-corrected chi connectivity index (χ1v) is 6.33. The molecule has 1 saturated heterocycles. The van der Waals surface area contributed by atoms with E-state index in [2.05, 4.69) is 6.58 Å².